The molecular weight excluding hydrogens is 598 g/mol. The summed E-state index contributed by atoms with van der Waals surface area (Å²) in [5.74, 6) is 2.15. The van der Waals surface area contributed by atoms with Crippen molar-refractivity contribution in [1.29, 1.82) is 0 Å². The van der Waals surface area contributed by atoms with Gasteiger partial charge in [0.25, 0.3) is 0 Å². The molecule has 3 aromatic rings. The number of ether oxygens (including phenoxy) is 2. The number of anilines is 1. The molecule has 4 N–H and O–H groups in total. The largest absolute Gasteiger partial charge is 0.493 e. The van der Waals surface area contributed by atoms with Gasteiger partial charge < -0.3 is 25.6 Å². The number of hydrogen-bond donors (Lipinski definition) is 3. The van der Waals surface area contributed by atoms with Gasteiger partial charge in [0.05, 0.1) is 6.61 Å². The van der Waals surface area contributed by atoms with E-state index in [1.807, 2.05) is 31.3 Å². The predicted octanol–water partition coefficient (Wildman–Crippen LogP) is 7.93. The van der Waals surface area contributed by atoms with Gasteiger partial charge in [0.2, 0.25) is 0 Å². The minimum Gasteiger partial charge on any atom is -0.493 e. The van der Waals surface area contributed by atoms with Crippen LogP contribution in [-0.2, 0) is 23.1 Å². The van der Waals surface area contributed by atoms with Gasteiger partial charge in [-0.1, -0.05) is 37.6 Å². The van der Waals surface area contributed by atoms with Gasteiger partial charge in [0.15, 0.2) is 0 Å². The highest BCUT2D eigenvalue weighted by Crippen LogP contribution is 2.57. The van der Waals surface area contributed by atoms with Crippen molar-refractivity contribution in [3.05, 3.63) is 82.1 Å². The zero-order valence-corrected chi connectivity index (χ0v) is 28.1. The molecule has 1 aromatic heterocycles. The fourth-order valence-electron chi connectivity index (χ4n) is 8.43. The highest BCUT2D eigenvalue weighted by Gasteiger charge is 2.54. The topological polar surface area (TPSA) is 107 Å². The fourth-order valence-corrected chi connectivity index (χ4v) is 8.62. The van der Waals surface area contributed by atoms with Crippen LogP contribution in [0.2, 0.25) is 5.02 Å². The molecule has 1 spiro atoms. The summed E-state index contributed by atoms with van der Waals surface area (Å²) in [6, 6.07) is 15.9. The molecule has 1 fully saturated rings. The number of aliphatic carboxylic acids is 1. The van der Waals surface area contributed by atoms with Crippen LogP contribution >= 0.6 is 11.6 Å². The number of benzene rings is 2. The zero-order chi connectivity index (χ0) is 32.5. The van der Waals surface area contributed by atoms with E-state index in [-0.39, 0.29) is 11.5 Å². The molecule has 0 bridgehead atoms. The van der Waals surface area contributed by atoms with E-state index in [2.05, 4.69) is 42.3 Å². The van der Waals surface area contributed by atoms with Crippen LogP contribution in [0.15, 0.2) is 54.7 Å². The zero-order valence-electron chi connectivity index (χ0n) is 27.4. The van der Waals surface area contributed by atoms with Crippen LogP contribution in [0.5, 0.6) is 11.5 Å². The van der Waals surface area contributed by atoms with Crippen LogP contribution in [0.1, 0.15) is 94.0 Å². The average molecular weight is 646 g/mol. The molecule has 246 valence electrons. The molecule has 0 radical (unpaired) electrons. The minimum absolute atomic E-state index is 0.0852. The van der Waals surface area contributed by atoms with Crippen LogP contribution in [0, 0.1) is 11.8 Å². The molecule has 3 aliphatic carbocycles. The van der Waals surface area contributed by atoms with E-state index in [0.29, 0.717) is 48.8 Å². The van der Waals surface area contributed by atoms with Gasteiger partial charge in [0.1, 0.15) is 23.1 Å². The Morgan fingerprint density at radius 3 is 2.70 bits per heavy atom. The summed E-state index contributed by atoms with van der Waals surface area (Å²) >= 11 is 6.26. The maximum atomic E-state index is 12.9. The molecular formula is C38H48ClN3O4. The number of carboxylic acids is 1. The lowest BCUT2D eigenvalue weighted by atomic mass is 9.59. The van der Waals surface area contributed by atoms with Crippen molar-refractivity contribution in [3.63, 3.8) is 0 Å². The standard InChI is InChI=1S/C38H48ClN3O4/c1-24(23-45-34-12-17-41-33-9-4-6-25(2)35(33)34)18-28-19-27-10-11-31(46-26(3)22-40)21-32(27)37(28)13-15-38(16-14-37,36(43)44)42-30-8-5-7-29(39)20-30/h5,7-8,10-12,17,20-21,24-26,28,42H,4,6,9,13-16,18-19,22-23,40H2,1-3H3,(H,43,44)/t24-,25-,26-,28+,37?,38?/m1/s1. The summed E-state index contributed by atoms with van der Waals surface area (Å²) < 4.78 is 12.7. The number of carboxylic acid groups (broad SMARTS) is 1. The molecule has 0 amide bonds. The lowest BCUT2D eigenvalue weighted by Crippen LogP contribution is -2.53. The van der Waals surface area contributed by atoms with Gasteiger partial charge in [-0.3, -0.25) is 4.98 Å². The SMILES string of the molecule is C[C@@H](COc1ccnc2c1[C@H](C)CCC2)C[C@H]1Cc2ccc(O[C@H](C)CN)cc2C12CCC(Nc1cccc(Cl)c1)(C(=O)O)CC2. The first-order valence-electron chi connectivity index (χ1n) is 17.0. The van der Waals surface area contributed by atoms with Crippen molar-refractivity contribution in [1.82, 2.24) is 4.98 Å². The van der Waals surface area contributed by atoms with E-state index in [9.17, 15) is 9.90 Å². The molecule has 6 rings (SSSR count). The number of carbonyl (C=O) groups is 1. The number of nitrogens with one attached hydrogen (secondary N) is 1. The lowest BCUT2D eigenvalue weighted by Gasteiger charge is -2.47. The lowest BCUT2D eigenvalue weighted by molar-refractivity contribution is -0.144. The molecule has 7 nitrogen and oxygen atoms in total. The van der Waals surface area contributed by atoms with Crippen molar-refractivity contribution in [2.75, 3.05) is 18.5 Å². The van der Waals surface area contributed by atoms with Crippen molar-refractivity contribution < 1.29 is 19.4 Å². The molecule has 46 heavy (non-hydrogen) atoms. The molecule has 8 heteroatoms. The monoisotopic (exact) mass is 645 g/mol. The normalized spacial score (nSPS) is 26.5. The van der Waals surface area contributed by atoms with Crippen LogP contribution < -0.4 is 20.5 Å². The maximum Gasteiger partial charge on any atom is 0.329 e. The van der Waals surface area contributed by atoms with Crippen LogP contribution in [0.3, 0.4) is 0 Å². The maximum absolute atomic E-state index is 12.9. The van der Waals surface area contributed by atoms with E-state index in [4.69, 9.17) is 26.8 Å². The number of aryl methyl sites for hydroxylation is 1. The molecule has 0 unspecified atom stereocenters. The summed E-state index contributed by atoms with van der Waals surface area (Å²) in [5.41, 5.74) is 10.5. The second-order valence-electron chi connectivity index (χ2n) is 14.2. The third kappa shape index (κ3) is 6.46. The van der Waals surface area contributed by atoms with Gasteiger partial charge in [0, 0.05) is 34.7 Å². The second kappa shape index (κ2) is 13.4. The van der Waals surface area contributed by atoms with Crippen molar-refractivity contribution >= 4 is 23.3 Å². The highest BCUT2D eigenvalue weighted by molar-refractivity contribution is 6.30. The van der Waals surface area contributed by atoms with E-state index in [0.717, 1.165) is 49.3 Å². The second-order valence-corrected chi connectivity index (χ2v) is 14.6. The summed E-state index contributed by atoms with van der Waals surface area (Å²) in [4.78, 5) is 17.5. The van der Waals surface area contributed by atoms with Crippen LogP contribution in [0.4, 0.5) is 5.69 Å². The Hall–Kier alpha value is -3.29. The third-order valence-corrected chi connectivity index (χ3v) is 11.2. The van der Waals surface area contributed by atoms with Crippen molar-refractivity contribution in [2.45, 2.75) is 102 Å². The quantitative estimate of drug-likeness (QED) is 0.194. The number of hydrogen-bond acceptors (Lipinski definition) is 6. The summed E-state index contributed by atoms with van der Waals surface area (Å²) in [5, 5.41) is 14.5. The van der Waals surface area contributed by atoms with Crippen molar-refractivity contribution in [3.8, 4) is 11.5 Å². The van der Waals surface area contributed by atoms with E-state index < -0.39 is 11.5 Å². The molecule has 4 atom stereocenters. The number of fused-ring (bicyclic) bond motifs is 3. The number of halogens is 1. The molecule has 2 aromatic carbocycles. The highest BCUT2D eigenvalue weighted by atomic mass is 35.5. The number of nitrogens with zero attached hydrogens (tertiary/aromatic N) is 1. The molecule has 0 aliphatic heterocycles. The number of nitrogens with two attached hydrogens (primary N) is 1. The van der Waals surface area contributed by atoms with E-state index in [1.54, 1.807) is 12.1 Å². The average Bonchev–Trinajstić information content (AvgIpc) is 3.32. The van der Waals surface area contributed by atoms with Gasteiger partial charge in [-0.05, 0) is 135 Å². The van der Waals surface area contributed by atoms with Gasteiger partial charge in [-0.15, -0.1) is 0 Å². The first kappa shape index (κ1) is 32.6. The molecule has 0 saturated heterocycles. The Kier molecular flexibility index (Phi) is 9.54. The summed E-state index contributed by atoms with van der Waals surface area (Å²) in [6.07, 6.45) is 9.71. The van der Waals surface area contributed by atoms with Gasteiger partial charge in [-0.2, -0.15) is 0 Å². The Balaban J connectivity index is 1.24. The van der Waals surface area contributed by atoms with Crippen LogP contribution in [0.25, 0.3) is 0 Å². The summed E-state index contributed by atoms with van der Waals surface area (Å²) in [7, 11) is 0. The first-order valence-corrected chi connectivity index (χ1v) is 17.4. The van der Waals surface area contributed by atoms with Gasteiger partial charge >= 0.3 is 5.97 Å². The Labute approximate surface area is 278 Å². The first-order chi connectivity index (χ1) is 22.1. The Morgan fingerprint density at radius 1 is 1.15 bits per heavy atom. The van der Waals surface area contributed by atoms with Gasteiger partial charge in [-0.25, -0.2) is 4.79 Å². The van der Waals surface area contributed by atoms with Crippen LogP contribution in [-0.4, -0.2) is 40.9 Å². The third-order valence-electron chi connectivity index (χ3n) is 10.9. The fraction of sp³-hybridized carbons (Fsp3) is 0.526. The van der Waals surface area contributed by atoms with Crippen molar-refractivity contribution in [2.24, 2.45) is 17.6 Å². The smallest absolute Gasteiger partial charge is 0.329 e. The van der Waals surface area contributed by atoms with E-state index in [1.165, 1.54) is 35.2 Å². The number of rotatable bonds is 11. The minimum atomic E-state index is -1.06. The predicted molar refractivity (Wildman–Crippen MR) is 183 cm³/mol. The number of pyridine rings is 1. The Bertz CT molecular complexity index is 1550. The Morgan fingerprint density at radius 2 is 1.96 bits per heavy atom. The molecule has 1 saturated carbocycles. The van der Waals surface area contributed by atoms with E-state index >= 15 is 0 Å². The molecule has 3 aliphatic rings. The molecule has 1 heterocycles. The summed E-state index contributed by atoms with van der Waals surface area (Å²) in [6.45, 7) is 7.64. The number of aromatic nitrogens is 1.